The van der Waals surface area contributed by atoms with E-state index in [1.807, 2.05) is 24.3 Å². The summed E-state index contributed by atoms with van der Waals surface area (Å²) >= 11 is 0. The molecular formula is C12H15O. The fraction of sp³-hybridized carbons (Fsp3) is 0.333. The zero-order chi connectivity index (χ0) is 9.36. The summed E-state index contributed by atoms with van der Waals surface area (Å²) in [6.45, 7) is 2.87. The van der Waals surface area contributed by atoms with E-state index in [0.717, 1.165) is 25.2 Å². The second-order valence-electron chi connectivity index (χ2n) is 2.76. The summed E-state index contributed by atoms with van der Waals surface area (Å²) in [5.74, 6) is 0.896. The van der Waals surface area contributed by atoms with E-state index >= 15 is 0 Å². The number of hydrogen-bond acceptors (Lipinski definition) is 1. The van der Waals surface area contributed by atoms with Gasteiger partial charge in [-0.2, -0.15) is 0 Å². The highest BCUT2D eigenvalue weighted by molar-refractivity contribution is 5.19. The van der Waals surface area contributed by atoms with Crippen LogP contribution >= 0.6 is 0 Å². The topological polar surface area (TPSA) is 9.23 Å². The van der Waals surface area contributed by atoms with Crippen molar-refractivity contribution in [2.75, 3.05) is 6.61 Å². The number of rotatable bonds is 5. The van der Waals surface area contributed by atoms with Gasteiger partial charge in [-0.15, -0.1) is 0 Å². The molecule has 0 amide bonds. The van der Waals surface area contributed by atoms with E-state index in [4.69, 9.17) is 4.74 Å². The van der Waals surface area contributed by atoms with E-state index in [0.29, 0.717) is 0 Å². The first-order chi connectivity index (χ1) is 6.43. The smallest absolute Gasteiger partial charge is 0.119 e. The lowest BCUT2D eigenvalue weighted by Gasteiger charge is -2.02. The van der Waals surface area contributed by atoms with Gasteiger partial charge in [-0.3, -0.25) is 0 Å². The molecule has 1 rings (SSSR count). The number of allylic oxidation sites excluding steroid dienone is 1. The van der Waals surface area contributed by atoms with Crippen molar-refractivity contribution in [2.45, 2.75) is 19.8 Å². The molecule has 1 radical (unpaired) electrons. The molecule has 0 fully saturated rings. The summed E-state index contributed by atoms with van der Waals surface area (Å²) in [7, 11) is 0. The molecule has 1 heteroatoms. The lowest BCUT2D eigenvalue weighted by molar-refractivity contribution is 0.325. The Morgan fingerprint density at radius 2 is 2.38 bits per heavy atom. The van der Waals surface area contributed by atoms with E-state index < -0.39 is 0 Å². The van der Waals surface area contributed by atoms with Crippen LogP contribution in [0.5, 0.6) is 5.75 Å². The summed E-state index contributed by atoms with van der Waals surface area (Å²) < 4.78 is 5.47. The maximum Gasteiger partial charge on any atom is 0.119 e. The highest BCUT2D eigenvalue weighted by atomic mass is 16.5. The van der Waals surface area contributed by atoms with Crippen LogP contribution in [-0.4, -0.2) is 6.61 Å². The van der Waals surface area contributed by atoms with Gasteiger partial charge in [0.2, 0.25) is 0 Å². The molecule has 69 valence electrons. The van der Waals surface area contributed by atoms with E-state index in [-0.39, 0.29) is 0 Å². The van der Waals surface area contributed by atoms with Crippen LogP contribution in [0.3, 0.4) is 0 Å². The lowest BCUT2D eigenvalue weighted by Crippen LogP contribution is -1.94. The van der Waals surface area contributed by atoms with Crippen LogP contribution in [-0.2, 0) is 0 Å². The predicted octanol–water partition coefficient (Wildman–Crippen LogP) is 3.22. The first-order valence-electron chi connectivity index (χ1n) is 4.67. The van der Waals surface area contributed by atoms with E-state index in [2.05, 4.69) is 25.1 Å². The first-order valence-corrected chi connectivity index (χ1v) is 4.67. The molecule has 0 unspecified atom stereocenters. The average Bonchev–Trinajstić information content (AvgIpc) is 2.19. The summed E-state index contributed by atoms with van der Waals surface area (Å²) in [6, 6.07) is 10.6. The minimum absolute atomic E-state index is 0.744. The zero-order valence-electron chi connectivity index (χ0n) is 7.99. The maximum absolute atomic E-state index is 5.47. The molecule has 1 nitrogen and oxygen atoms in total. The van der Waals surface area contributed by atoms with Gasteiger partial charge in [-0.05, 0) is 31.0 Å². The molecule has 0 spiro atoms. The molecule has 0 aliphatic heterocycles. The molecule has 0 atom stereocenters. The van der Waals surface area contributed by atoms with Crippen LogP contribution < -0.4 is 4.74 Å². The Morgan fingerprint density at radius 1 is 1.46 bits per heavy atom. The van der Waals surface area contributed by atoms with Gasteiger partial charge in [-0.25, -0.2) is 0 Å². The van der Waals surface area contributed by atoms with Crippen molar-refractivity contribution in [3.05, 3.63) is 42.5 Å². The van der Waals surface area contributed by atoms with Crippen LogP contribution in [0.15, 0.2) is 36.4 Å². The van der Waals surface area contributed by atoms with Gasteiger partial charge in [0.1, 0.15) is 5.75 Å². The molecule has 13 heavy (non-hydrogen) atoms. The molecule has 0 bridgehead atoms. The van der Waals surface area contributed by atoms with Crippen LogP contribution in [0.4, 0.5) is 0 Å². The summed E-state index contributed by atoms with van der Waals surface area (Å²) in [6.07, 6.45) is 6.37. The van der Waals surface area contributed by atoms with Gasteiger partial charge in [-0.1, -0.05) is 31.2 Å². The molecule has 1 aromatic rings. The lowest BCUT2D eigenvalue weighted by atomic mass is 10.3. The molecule has 1 aromatic carbocycles. The standard InChI is InChI=1S/C12H15O/c1-2-3-4-8-11-13-12-9-6-5-7-10-12/h3-6,9-10H,2,8,11H2,1H3/b4-3+. The van der Waals surface area contributed by atoms with Gasteiger partial charge in [0.05, 0.1) is 6.61 Å². The minimum atomic E-state index is 0.744. The summed E-state index contributed by atoms with van der Waals surface area (Å²) in [5.41, 5.74) is 0. The zero-order valence-corrected chi connectivity index (χ0v) is 7.99. The maximum atomic E-state index is 5.47. The highest BCUT2D eigenvalue weighted by Gasteiger charge is 1.88. The molecule has 0 heterocycles. The third-order valence-corrected chi connectivity index (χ3v) is 1.63. The van der Waals surface area contributed by atoms with Crippen molar-refractivity contribution in [2.24, 2.45) is 0 Å². The Kier molecular flexibility index (Phi) is 4.77. The number of benzene rings is 1. The van der Waals surface area contributed by atoms with Crippen molar-refractivity contribution < 1.29 is 4.74 Å². The first kappa shape index (κ1) is 9.85. The van der Waals surface area contributed by atoms with Gasteiger partial charge in [0, 0.05) is 0 Å². The van der Waals surface area contributed by atoms with Gasteiger partial charge < -0.3 is 4.74 Å². The largest absolute Gasteiger partial charge is 0.493 e. The Labute approximate surface area is 80.0 Å². The molecular weight excluding hydrogens is 160 g/mol. The van der Waals surface area contributed by atoms with Crippen LogP contribution in [0.1, 0.15) is 19.8 Å². The van der Waals surface area contributed by atoms with Gasteiger partial charge in [0.25, 0.3) is 0 Å². The molecule has 0 aliphatic rings. The Morgan fingerprint density at radius 3 is 3.08 bits per heavy atom. The normalized spacial score (nSPS) is 10.5. The second kappa shape index (κ2) is 6.30. The van der Waals surface area contributed by atoms with E-state index in [9.17, 15) is 0 Å². The monoisotopic (exact) mass is 175 g/mol. The summed E-state index contributed by atoms with van der Waals surface area (Å²) in [5, 5.41) is 0. The second-order valence-corrected chi connectivity index (χ2v) is 2.76. The van der Waals surface area contributed by atoms with E-state index in [1.54, 1.807) is 0 Å². The van der Waals surface area contributed by atoms with Gasteiger partial charge in [0.15, 0.2) is 0 Å². The Hall–Kier alpha value is -1.24. The van der Waals surface area contributed by atoms with Gasteiger partial charge >= 0.3 is 0 Å². The van der Waals surface area contributed by atoms with Crippen molar-refractivity contribution >= 4 is 0 Å². The SMILES string of the molecule is CC/C=C/CCOc1c[c]ccc1. The molecule has 0 saturated heterocycles. The third kappa shape index (κ3) is 4.36. The Balaban J connectivity index is 2.17. The molecule has 0 saturated carbocycles. The third-order valence-electron chi connectivity index (χ3n) is 1.63. The van der Waals surface area contributed by atoms with Crippen molar-refractivity contribution in [1.82, 2.24) is 0 Å². The minimum Gasteiger partial charge on any atom is -0.493 e. The van der Waals surface area contributed by atoms with Crippen molar-refractivity contribution in [1.29, 1.82) is 0 Å². The quantitative estimate of drug-likeness (QED) is 0.493. The van der Waals surface area contributed by atoms with Crippen molar-refractivity contribution in [3.8, 4) is 5.75 Å². The predicted molar refractivity (Wildman–Crippen MR) is 54.8 cm³/mol. The fourth-order valence-electron chi connectivity index (χ4n) is 0.996. The summed E-state index contributed by atoms with van der Waals surface area (Å²) in [4.78, 5) is 0. The van der Waals surface area contributed by atoms with Crippen molar-refractivity contribution in [3.63, 3.8) is 0 Å². The molecule has 0 aliphatic carbocycles. The van der Waals surface area contributed by atoms with E-state index in [1.165, 1.54) is 0 Å². The number of hydrogen-bond donors (Lipinski definition) is 0. The van der Waals surface area contributed by atoms with Crippen LogP contribution in [0, 0.1) is 6.07 Å². The molecule has 0 N–H and O–H groups in total. The van der Waals surface area contributed by atoms with Crippen LogP contribution in [0.2, 0.25) is 0 Å². The number of ether oxygens (including phenoxy) is 1. The Bertz CT molecular complexity index is 239. The average molecular weight is 175 g/mol. The highest BCUT2D eigenvalue weighted by Crippen LogP contribution is 2.07. The van der Waals surface area contributed by atoms with Crippen LogP contribution in [0.25, 0.3) is 0 Å². The molecule has 0 aromatic heterocycles. The fourth-order valence-corrected chi connectivity index (χ4v) is 0.996.